The molecule has 0 spiro atoms. The molecule has 0 amide bonds. The molecule has 0 saturated carbocycles. The molecular formula is C12H21N3O. The molecule has 0 aromatic carbocycles. The van der Waals surface area contributed by atoms with Crippen molar-refractivity contribution in [1.29, 1.82) is 0 Å². The summed E-state index contributed by atoms with van der Waals surface area (Å²) in [7, 11) is 0. The molecule has 0 aliphatic carbocycles. The van der Waals surface area contributed by atoms with E-state index >= 15 is 0 Å². The summed E-state index contributed by atoms with van der Waals surface area (Å²) in [4.78, 5) is 6.75. The van der Waals surface area contributed by atoms with E-state index in [0.717, 1.165) is 38.5 Å². The van der Waals surface area contributed by atoms with Crippen LogP contribution in [-0.4, -0.2) is 46.8 Å². The van der Waals surface area contributed by atoms with Crippen LogP contribution in [0.3, 0.4) is 0 Å². The molecule has 1 aliphatic rings. The van der Waals surface area contributed by atoms with Gasteiger partial charge in [-0.3, -0.25) is 4.90 Å². The third kappa shape index (κ3) is 2.44. The molecule has 4 nitrogen and oxygen atoms in total. The van der Waals surface area contributed by atoms with E-state index in [1.165, 1.54) is 5.69 Å². The van der Waals surface area contributed by atoms with Gasteiger partial charge in [0.2, 0.25) is 0 Å². The van der Waals surface area contributed by atoms with Crippen LogP contribution in [0.2, 0.25) is 0 Å². The van der Waals surface area contributed by atoms with Crippen molar-refractivity contribution in [3.05, 3.63) is 17.7 Å². The van der Waals surface area contributed by atoms with E-state index in [-0.39, 0.29) is 0 Å². The molecule has 2 heterocycles. The van der Waals surface area contributed by atoms with Crippen molar-refractivity contribution in [3.8, 4) is 0 Å². The second-order valence-electron chi connectivity index (χ2n) is 4.45. The quantitative estimate of drug-likeness (QED) is 0.772. The lowest BCUT2D eigenvalue weighted by atomic mass is 10.2. The number of imidazole rings is 1. The number of likely N-dealkylation sites (N-methyl/N-ethyl adjacent to an activating group) is 1. The van der Waals surface area contributed by atoms with Crippen LogP contribution in [0, 0.1) is 13.8 Å². The summed E-state index contributed by atoms with van der Waals surface area (Å²) in [5.41, 5.74) is 2.36. The van der Waals surface area contributed by atoms with Crippen LogP contribution in [0.15, 0.2) is 6.33 Å². The number of morpholine rings is 1. The van der Waals surface area contributed by atoms with Crippen LogP contribution in [0.4, 0.5) is 0 Å². The number of ether oxygens (including phenoxy) is 1. The van der Waals surface area contributed by atoms with Crippen LogP contribution in [0.25, 0.3) is 0 Å². The van der Waals surface area contributed by atoms with Crippen molar-refractivity contribution in [2.24, 2.45) is 0 Å². The standard InChI is InChI=1S/C12H21N3O/c1-4-14-5-6-16-12(7-14)8-15-9-13-10(2)11(15)3/h9,12H,4-8H2,1-3H3. The summed E-state index contributed by atoms with van der Waals surface area (Å²) in [6.07, 6.45) is 2.22. The van der Waals surface area contributed by atoms with Crippen molar-refractivity contribution in [2.45, 2.75) is 33.4 Å². The van der Waals surface area contributed by atoms with Crippen molar-refractivity contribution < 1.29 is 4.74 Å². The molecule has 4 heteroatoms. The van der Waals surface area contributed by atoms with E-state index in [4.69, 9.17) is 4.74 Å². The Bertz CT molecular complexity index is 348. The normalized spacial score (nSPS) is 22.6. The maximum Gasteiger partial charge on any atom is 0.0952 e. The zero-order valence-electron chi connectivity index (χ0n) is 10.4. The summed E-state index contributed by atoms with van der Waals surface area (Å²) in [6, 6.07) is 0. The summed E-state index contributed by atoms with van der Waals surface area (Å²) in [6.45, 7) is 11.3. The van der Waals surface area contributed by atoms with Gasteiger partial charge in [0, 0.05) is 18.8 Å². The molecule has 16 heavy (non-hydrogen) atoms. The number of nitrogens with zero attached hydrogens (tertiary/aromatic N) is 3. The lowest BCUT2D eigenvalue weighted by molar-refractivity contribution is -0.0345. The van der Waals surface area contributed by atoms with Crippen LogP contribution < -0.4 is 0 Å². The molecule has 1 unspecified atom stereocenters. The fourth-order valence-electron chi connectivity index (χ4n) is 2.13. The fraction of sp³-hybridized carbons (Fsp3) is 0.750. The third-order valence-electron chi connectivity index (χ3n) is 3.42. The van der Waals surface area contributed by atoms with Crippen LogP contribution in [0.1, 0.15) is 18.3 Å². The molecule has 1 atom stereocenters. The number of aryl methyl sites for hydroxylation is 1. The first kappa shape index (κ1) is 11.6. The minimum Gasteiger partial charge on any atom is -0.374 e. The molecule has 1 fully saturated rings. The van der Waals surface area contributed by atoms with Gasteiger partial charge in [0.25, 0.3) is 0 Å². The topological polar surface area (TPSA) is 30.3 Å². The van der Waals surface area contributed by atoms with Crippen molar-refractivity contribution in [2.75, 3.05) is 26.2 Å². The van der Waals surface area contributed by atoms with Crippen molar-refractivity contribution >= 4 is 0 Å². The Morgan fingerprint density at radius 2 is 2.31 bits per heavy atom. The highest BCUT2D eigenvalue weighted by molar-refractivity contribution is 5.08. The Kier molecular flexibility index (Phi) is 3.61. The van der Waals surface area contributed by atoms with Gasteiger partial charge in [-0.15, -0.1) is 0 Å². The molecule has 0 bridgehead atoms. The van der Waals surface area contributed by atoms with Gasteiger partial charge < -0.3 is 9.30 Å². The average molecular weight is 223 g/mol. The second-order valence-corrected chi connectivity index (χ2v) is 4.45. The molecular weight excluding hydrogens is 202 g/mol. The first-order valence-corrected chi connectivity index (χ1v) is 6.03. The largest absolute Gasteiger partial charge is 0.374 e. The molecule has 90 valence electrons. The first-order valence-electron chi connectivity index (χ1n) is 6.03. The van der Waals surface area contributed by atoms with Crippen molar-refractivity contribution in [3.63, 3.8) is 0 Å². The Morgan fingerprint density at radius 1 is 1.50 bits per heavy atom. The zero-order chi connectivity index (χ0) is 11.5. The average Bonchev–Trinajstić information content (AvgIpc) is 2.61. The predicted octanol–water partition coefficient (Wildman–Crippen LogP) is 1.22. The maximum absolute atomic E-state index is 5.79. The van der Waals surface area contributed by atoms with Gasteiger partial charge in [0.05, 0.1) is 31.3 Å². The fourth-order valence-corrected chi connectivity index (χ4v) is 2.13. The van der Waals surface area contributed by atoms with E-state index in [1.54, 1.807) is 0 Å². The molecule has 1 aromatic rings. The Morgan fingerprint density at radius 3 is 2.94 bits per heavy atom. The van der Waals surface area contributed by atoms with Gasteiger partial charge in [-0.25, -0.2) is 4.98 Å². The highest BCUT2D eigenvalue weighted by atomic mass is 16.5. The summed E-state index contributed by atoms with van der Waals surface area (Å²) >= 11 is 0. The first-order chi connectivity index (χ1) is 7.70. The monoisotopic (exact) mass is 223 g/mol. The smallest absolute Gasteiger partial charge is 0.0952 e. The Labute approximate surface area is 97.2 Å². The minimum atomic E-state index is 0.306. The Hall–Kier alpha value is -0.870. The third-order valence-corrected chi connectivity index (χ3v) is 3.42. The minimum absolute atomic E-state index is 0.306. The highest BCUT2D eigenvalue weighted by Crippen LogP contribution is 2.10. The number of rotatable bonds is 3. The summed E-state index contributed by atoms with van der Waals surface area (Å²) in [5.74, 6) is 0. The highest BCUT2D eigenvalue weighted by Gasteiger charge is 2.20. The number of hydrogen-bond acceptors (Lipinski definition) is 3. The van der Waals surface area contributed by atoms with Gasteiger partial charge >= 0.3 is 0 Å². The van der Waals surface area contributed by atoms with Gasteiger partial charge in [0.15, 0.2) is 0 Å². The molecule has 1 aliphatic heterocycles. The van der Waals surface area contributed by atoms with E-state index in [0.29, 0.717) is 6.10 Å². The van der Waals surface area contributed by atoms with Crippen molar-refractivity contribution in [1.82, 2.24) is 14.5 Å². The van der Waals surface area contributed by atoms with E-state index in [1.807, 2.05) is 13.3 Å². The molecule has 1 aromatic heterocycles. The number of hydrogen-bond donors (Lipinski definition) is 0. The summed E-state index contributed by atoms with van der Waals surface area (Å²) < 4.78 is 7.98. The summed E-state index contributed by atoms with van der Waals surface area (Å²) in [5, 5.41) is 0. The van der Waals surface area contributed by atoms with Crippen LogP contribution in [0.5, 0.6) is 0 Å². The van der Waals surface area contributed by atoms with Gasteiger partial charge in [0.1, 0.15) is 0 Å². The molecule has 1 saturated heterocycles. The number of aromatic nitrogens is 2. The van der Waals surface area contributed by atoms with Gasteiger partial charge in [-0.2, -0.15) is 0 Å². The lowest BCUT2D eigenvalue weighted by Gasteiger charge is -2.32. The van der Waals surface area contributed by atoms with Crippen LogP contribution in [-0.2, 0) is 11.3 Å². The van der Waals surface area contributed by atoms with E-state index < -0.39 is 0 Å². The van der Waals surface area contributed by atoms with E-state index in [2.05, 4.69) is 28.3 Å². The zero-order valence-corrected chi connectivity index (χ0v) is 10.4. The molecule has 0 radical (unpaired) electrons. The molecule has 2 rings (SSSR count). The van der Waals surface area contributed by atoms with Gasteiger partial charge in [-0.05, 0) is 20.4 Å². The maximum atomic E-state index is 5.79. The lowest BCUT2D eigenvalue weighted by Crippen LogP contribution is -2.43. The second kappa shape index (κ2) is 4.97. The SMILES string of the molecule is CCN1CCOC(Cn2cnc(C)c2C)C1. The van der Waals surface area contributed by atoms with Gasteiger partial charge in [-0.1, -0.05) is 6.92 Å². The molecule has 0 N–H and O–H groups in total. The van der Waals surface area contributed by atoms with Crippen LogP contribution >= 0.6 is 0 Å². The Balaban J connectivity index is 1.96. The predicted molar refractivity (Wildman–Crippen MR) is 63.6 cm³/mol. The van der Waals surface area contributed by atoms with E-state index in [9.17, 15) is 0 Å².